The third-order valence-electron chi connectivity index (χ3n) is 4.78. The Morgan fingerprint density at radius 2 is 1.76 bits per heavy atom. The molecular weight excluding hydrogens is 456 g/mol. The number of ether oxygens (including phenoxy) is 3. The number of thioether (sulfide) groups is 1. The summed E-state index contributed by atoms with van der Waals surface area (Å²) in [7, 11) is 3.52. The van der Waals surface area contributed by atoms with Gasteiger partial charge >= 0.3 is 0 Å². The van der Waals surface area contributed by atoms with Crippen molar-refractivity contribution in [1.29, 1.82) is 0 Å². The van der Waals surface area contributed by atoms with Gasteiger partial charge in [0.05, 0.1) is 18.9 Å². The lowest BCUT2D eigenvalue weighted by molar-refractivity contribution is -0.107. The summed E-state index contributed by atoms with van der Waals surface area (Å²) >= 11 is 0.826. The minimum absolute atomic E-state index is 0.425. The van der Waals surface area contributed by atoms with Gasteiger partial charge in [-0.2, -0.15) is 0 Å². The van der Waals surface area contributed by atoms with Crippen LogP contribution in [0.15, 0.2) is 60.9 Å². The second kappa shape index (κ2) is 12.4. The van der Waals surface area contributed by atoms with E-state index in [4.69, 9.17) is 19.9 Å². The van der Waals surface area contributed by atoms with Gasteiger partial charge in [-0.15, -0.1) is 0 Å². The average Bonchev–Trinajstić information content (AvgIpc) is 2.85. The van der Waals surface area contributed by atoms with Gasteiger partial charge in [-0.3, -0.25) is 4.79 Å². The summed E-state index contributed by atoms with van der Waals surface area (Å²) in [6.45, 7) is 1.02. The molecule has 1 atom stereocenters. The number of hydrogen-bond acceptors (Lipinski definition) is 9. The van der Waals surface area contributed by atoms with Crippen LogP contribution in [0.1, 0.15) is 5.56 Å². The van der Waals surface area contributed by atoms with E-state index in [0.29, 0.717) is 42.8 Å². The number of methoxy groups -OCH3 is 1. The number of carbonyl (C=O) groups excluding carboxylic acids is 2. The normalized spacial score (nSPS) is 11.4. The van der Waals surface area contributed by atoms with Gasteiger partial charge in [0.2, 0.25) is 5.88 Å². The van der Waals surface area contributed by atoms with E-state index in [2.05, 4.69) is 9.97 Å². The second-order valence-electron chi connectivity index (χ2n) is 7.22. The SMILES string of the molecule is COc1ccc(Oc2cc(N(C)CCOc3ccc(CC(C=O)SC(N)=O)cc3)ncn2)cc1. The van der Waals surface area contributed by atoms with E-state index < -0.39 is 10.5 Å². The van der Waals surface area contributed by atoms with Gasteiger partial charge in [0.25, 0.3) is 5.24 Å². The van der Waals surface area contributed by atoms with Crippen molar-refractivity contribution in [3.05, 3.63) is 66.5 Å². The van der Waals surface area contributed by atoms with E-state index in [1.165, 1.54) is 6.33 Å². The molecule has 1 unspecified atom stereocenters. The summed E-state index contributed by atoms with van der Waals surface area (Å²) in [5.74, 6) is 3.23. The number of aromatic nitrogens is 2. The van der Waals surface area contributed by atoms with Crippen molar-refractivity contribution < 1.29 is 23.8 Å². The molecule has 0 radical (unpaired) electrons. The number of aldehydes is 1. The third kappa shape index (κ3) is 7.66. The number of hydrogen-bond donors (Lipinski definition) is 1. The molecule has 0 fully saturated rings. The maximum Gasteiger partial charge on any atom is 0.277 e. The summed E-state index contributed by atoms with van der Waals surface area (Å²) in [6.07, 6.45) is 2.61. The lowest BCUT2D eigenvalue weighted by Crippen LogP contribution is -2.24. The van der Waals surface area contributed by atoms with Crippen LogP contribution >= 0.6 is 11.8 Å². The molecule has 0 saturated heterocycles. The molecule has 9 nitrogen and oxygen atoms in total. The Morgan fingerprint density at radius 3 is 2.41 bits per heavy atom. The topological polar surface area (TPSA) is 117 Å². The smallest absolute Gasteiger partial charge is 0.277 e. The standard InChI is InChI=1S/C24H26N4O5S/c1-28(22-14-23(27-16-26-22)33-20-9-7-18(31-2)8-10-20)11-12-32-19-5-3-17(4-6-19)13-21(15-29)34-24(25)30/h3-10,14-16,21H,11-13H2,1-2H3,(H2,25,30). The maximum absolute atomic E-state index is 11.1. The molecular formula is C24H26N4O5S. The summed E-state index contributed by atoms with van der Waals surface area (Å²) in [6, 6.07) is 16.4. The quantitative estimate of drug-likeness (QED) is 0.385. The molecule has 0 spiro atoms. The molecule has 0 aliphatic rings. The van der Waals surface area contributed by atoms with Crippen LogP contribution in [0.25, 0.3) is 0 Å². The minimum atomic E-state index is -0.565. The van der Waals surface area contributed by atoms with Gasteiger partial charge in [-0.1, -0.05) is 23.9 Å². The highest BCUT2D eigenvalue weighted by molar-refractivity contribution is 8.14. The number of benzene rings is 2. The molecule has 0 bridgehead atoms. The van der Waals surface area contributed by atoms with E-state index in [-0.39, 0.29) is 0 Å². The van der Waals surface area contributed by atoms with Crippen LogP contribution in [0, 0.1) is 0 Å². The number of nitrogens with two attached hydrogens (primary N) is 1. The lowest BCUT2D eigenvalue weighted by Gasteiger charge is -2.18. The van der Waals surface area contributed by atoms with Crippen molar-refractivity contribution in [2.24, 2.45) is 5.73 Å². The molecule has 34 heavy (non-hydrogen) atoms. The molecule has 3 rings (SSSR count). The monoisotopic (exact) mass is 482 g/mol. The van der Waals surface area contributed by atoms with Crippen molar-refractivity contribution in [1.82, 2.24) is 9.97 Å². The predicted octanol–water partition coefficient (Wildman–Crippen LogP) is 3.71. The third-order valence-corrected chi connectivity index (χ3v) is 5.59. The van der Waals surface area contributed by atoms with Gasteiger partial charge in [0.1, 0.15) is 42.3 Å². The van der Waals surface area contributed by atoms with Crippen LogP contribution in [-0.4, -0.2) is 54.1 Å². The largest absolute Gasteiger partial charge is 0.497 e. The molecule has 1 heterocycles. The summed E-state index contributed by atoms with van der Waals surface area (Å²) in [5, 5.41) is -1.06. The van der Waals surface area contributed by atoms with Crippen LogP contribution in [0.5, 0.6) is 23.1 Å². The van der Waals surface area contributed by atoms with Gasteiger partial charge in [-0.25, -0.2) is 9.97 Å². The Bertz CT molecular complexity index is 1080. The van der Waals surface area contributed by atoms with E-state index in [1.54, 1.807) is 25.3 Å². The van der Waals surface area contributed by atoms with Crippen LogP contribution in [0.3, 0.4) is 0 Å². The first kappa shape index (κ1) is 24.8. The molecule has 1 amide bonds. The average molecular weight is 483 g/mol. The van der Waals surface area contributed by atoms with Gasteiger partial charge in [0.15, 0.2) is 0 Å². The molecule has 1 aromatic heterocycles. The highest BCUT2D eigenvalue weighted by atomic mass is 32.2. The molecule has 0 aliphatic carbocycles. The summed E-state index contributed by atoms with van der Waals surface area (Å²) in [4.78, 5) is 32.5. The lowest BCUT2D eigenvalue weighted by atomic mass is 10.1. The Balaban J connectivity index is 1.49. The fourth-order valence-electron chi connectivity index (χ4n) is 2.99. The zero-order valence-electron chi connectivity index (χ0n) is 18.9. The molecule has 3 aromatic rings. The number of rotatable bonds is 12. The number of carbonyl (C=O) groups is 2. The van der Waals surface area contributed by atoms with Gasteiger partial charge in [-0.05, 0) is 48.4 Å². The van der Waals surface area contributed by atoms with Crippen molar-refractivity contribution in [3.8, 4) is 23.1 Å². The number of likely N-dealkylation sites (N-methyl/N-ethyl adjacent to an activating group) is 1. The first-order valence-electron chi connectivity index (χ1n) is 10.4. The first-order valence-corrected chi connectivity index (χ1v) is 11.3. The minimum Gasteiger partial charge on any atom is -0.497 e. The van der Waals surface area contributed by atoms with Crippen LogP contribution in [0.2, 0.25) is 0 Å². The van der Waals surface area contributed by atoms with Crippen LogP contribution < -0.4 is 24.8 Å². The van der Waals surface area contributed by atoms with E-state index in [9.17, 15) is 9.59 Å². The van der Waals surface area contributed by atoms with E-state index in [0.717, 1.165) is 29.4 Å². The number of nitrogens with zero attached hydrogens (tertiary/aromatic N) is 3. The predicted molar refractivity (Wildman–Crippen MR) is 131 cm³/mol. The summed E-state index contributed by atoms with van der Waals surface area (Å²) in [5.41, 5.74) is 6.06. The zero-order chi connectivity index (χ0) is 24.3. The van der Waals surface area contributed by atoms with Crippen molar-refractivity contribution >= 4 is 29.1 Å². The van der Waals surface area contributed by atoms with Gasteiger partial charge in [0, 0.05) is 13.1 Å². The summed E-state index contributed by atoms with van der Waals surface area (Å²) < 4.78 is 16.8. The van der Waals surface area contributed by atoms with Crippen molar-refractivity contribution in [2.45, 2.75) is 11.7 Å². The molecule has 0 saturated carbocycles. The Labute approximate surface area is 202 Å². The fourth-order valence-corrected chi connectivity index (χ4v) is 3.62. The van der Waals surface area contributed by atoms with Crippen molar-refractivity contribution in [3.63, 3.8) is 0 Å². The zero-order valence-corrected chi connectivity index (χ0v) is 19.7. The highest BCUT2D eigenvalue weighted by Gasteiger charge is 2.13. The fraction of sp³-hybridized carbons (Fsp3) is 0.250. The van der Waals surface area contributed by atoms with E-state index >= 15 is 0 Å². The second-order valence-corrected chi connectivity index (χ2v) is 8.47. The molecule has 0 aliphatic heterocycles. The number of amides is 1. The van der Waals surface area contributed by atoms with Crippen molar-refractivity contribution in [2.75, 3.05) is 32.2 Å². The molecule has 178 valence electrons. The van der Waals surface area contributed by atoms with Gasteiger partial charge < -0.3 is 29.6 Å². The molecule has 10 heteroatoms. The Kier molecular flexibility index (Phi) is 9.10. The van der Waals surface area contributed by atoms with E-state index in [1.807, 2.05) is 48.3 Å². The highest BCUT2D eigenvalue weighted by Crippen LogP contribution is 2.24. The van der Waals surface area contributed by atoms with Crippen LogP contribution in [0.4, 0.5) is 10.6 Å². The Hall–Kier alpha value is -3.79. The number of primary amides is 1. The molecule has 2 N–H and O–H groups in total. The maximum atomic E-state index is 11.1. The van der Waals surface area contributed by atoms with Crippen LogP contribution in [-0.2, 0) is 11.2 Å². The Morgan fingerprint density at radius 1 is 1.09 bits per heavy atom. The number of anilines is 1. The molecule has 2 aromatic carbocycles. The first-order chi connectivity index (χ1) is 16.5.